The van der Waals surface area contributed by atoms with Crippen molar-refractivity contribution < 1.29 is 18.3 Å². The first-order chi connectivity index (χ1) is 20.8. The second-order valence-corrected chi connectivity index (χ2v) is 12.7. The Hall–Kier alpha value is -4.51. The van der Waals surface area contributed by atoms with Crippen LogP contribution in [0.1, 0.15) is 16.7 Å². The molecule has 4 aromatic carbocycles. The van der Waals surface area contributed by atoms with E-state index in [4.69, 9.17) is 0 Å². The quantitative estimate of drug-likeness (QED) is 0.205. The average Bonchev–Trinajstić information content (AvgIpc) is 3.38. The maximum absolute atomic E-state index is 13.5. The molecule has 0 spiro atoms. The third-order valence-electron chi connectivity index (χ3n) is 7.89. The second-order valence-electron chi connectivity index (χ2n) is 10.9. The lowest BCUT2D eigenvalue weighted by Gasteiger charge is -2.34. The van der Waals surface area contributed by atoms with Gasteiger partial charge in [0.2, 0.25) is 0 Å². The van der Waals surface area contributed by atoms with Crippen molar-refractivity contribution in [2.45, 2.75) is 18.4 Å². The van der Waals surface area contributed by atoms with Crippen LogP contribution >= 0.6 is 0 Å². The highest BCUT2D eigenvalue weighted by Gasteiger charge is 2.24. The van der Waals surface area contributed by atoms with E-state index in [2.05, 4.69) is 20.3 Å². The van der Waals surface area contributed by atoms with E-state index >= 15 is 0 Å². The van der Waals surface area contributed by atoms with Gasteiger partial charge in [-0.15, -0.1) is 0 Å². The summed E-state index contributed by atoms with van der Waals surface area (Å²) in [6, 6.07) is 25.6. The molecule has 220 valence electrons. The lowest BCUT2D eigenvalue weighted by molar-refractivity contribution is -0.122. The molecule has 0 atom stereocenters. The van der Waals surface area contributed by atoms with Crippen molar-refractivity contribution in [2.75, 3.05) is 32.7 Å². The van der Waals surface area contributed by atoms with Gasteiger partial charge in [0.1, 0.15) is 5.75 Å². The number of nitrogens with zero attached hydrogens (tertiary/aromatic N) is 4. The Morgan fingerprint density at radius 2 is 1.56 bits per heavy atom. The molecule has 2 heterocycles. The Balaban J connectivity index is 1.07. The number of benzene rings is 4. The van der Waals surface area contributed by atoms with E-state index < -0.39 is 10.0 Å². The minimum Gasteiger partial charge on any atom is -0.507 e. The second kappa shape index (κ2) is 12.0. The molecule has 0 radical (unpaired) electrons. The smallest absolute Gasteiger partial charge is 0.268 e. The number of fused-ring (bicyclic) bond motifs is 2. The van der Waals surface area contributed by atoms with Gasteiger partial charge in [-0.2, -0.15) is 5.10 Å². The van der Waals surface area contributed by atoms with Crippen LogP contribution in [0, 0.1) is 6.92 Å². The fraction of sp³-hybridized carbons (Fsp3) is 0.212. The lowest BCUT2D eigenvalue weighted by atomic mass is 10.0. The number of amides is 1. The van der Waals surface area contributed by atoms with E-state index in [0.29, 0.717) is 30.7 Å². The van der Waals surface area contributed by atoms with Crippen LogP contribution in [0.2, 0.25) is 0 Å². The maximum Gasteiger partial charge on any atom is 0.268 e. The molecule has 2 N–H and O–H groups in total. The molecule has 10 heteroatoms. The van der Waals surface area contributed by atoms with Crippen LogP contribution < -0.4 is 5.43 Å². The van der Waals surface area contributed by atoms with E-state index in [0.717, 1.165) is 40.4 Å². The molecule has 0 unspecified atom stereocenters. The highest BCUT2D eigenvalue weighted by atomic mass is 32.2. The number of rotatable bonds is 8. The van der Waals surface area contributed by atoms with E-state index in [1.165, 1.54) is 10.2 Å². The summed E-state index contributed by atoms with van der Waals surface area (Å²) < 4.78 is 28.4. The first kappa shape index (κ1) is 28.6. The number of aryl methyl sites for hydroxylation is 1. The Labute approximate surface area is 250 Å². The summed E-state index contributed by atoms with van der Waals surface area (Å²) in [5.41, 5.74) is 5.74. The number of aromatic hydroxyl groups is 1. The number of aromatic nitrogens is 1. The van der Waals surface area contributed by atoms with Crippen LogP contribution in [0.5, 0.6) is 5.75 Å². The van der Waals surface area contributed by atoms with E-state index in [9.17, 15) is 18.3 Å². The minimum atomic E-state index is -3.74. The number of carbonyl (C=O) groups excluding carboxylic acids is 1. The zero-order valence-electron chi connectivity index (χ0n) is 23.8. The van der Waals surface area contributed by atoms with E-state index in [-0.39, 0.29) is 23.1 Å². The standard InChI is InChI=1S/C33H33N5O4S/c1-24-10-13-27(14-11-24)43(41,42)38-22-26(29-8-4-5-9-31(29)38)21-36-16-18-37(19-17-36)23-33(40)35-34-20-30-28-7-3-2-6-25(28)12-15-32(30)39/h2-15,20,22,39H,16-19,21,23H2,1H3,(H,35,40). The number of phenols is 1. The summed E-state index contributed by atoms with van der Waals surface area (Å²) in [6.07, 6.45) is 3.22. The van der Waals surface area contributed by atoms with Gasteiger partial charge in [-0.25, -0.2) is 17.8 Å². The molecule has 0 bridgehead atoms. The van der Waals surface area contributed by atoms with Crippen LogP contribution in [-0.2, 0) is 21.4 Å². The predicted octanol–water partition coefficient (Wildman–Crippen LogP) is 4.31. The SMILES string of the molecule is Cc1ccc(S(=O)(=O)n2cc(CN3CCN(CC(=O)NN=Cc4c(O)ccc5ccccc45)CC3)c3ccccc32)cc1. The Morgan fingerprint density at radius 1 is 0.884 bits per heavy atom. The zero-order valence-corrected chi connectivity index (χ0v) is 24.7. The van der Waals surface area contributed by atoms with Gasteiger partial charge in [0, 0.05) is 49.9 Å². The molecule has 9 nitrogen and oxygen atoms in total. The molecule has 1 aliphatic rings. The number of piperazine rings is 1. The van der Waals surface area contributed by atoms with Crippen LogP contribution in [0.15, 0.2) is 101 Å². The topological polar surface area (TPSA) is 107 Å². The van der Waals surface area contributed by atoms with Gasteiger partial charge in [0.05, 0.1) is 23.2 Å². The highest BCUT2D eigenvalue weighted by Crippen LogP contribution is 2.28. The summed E-state index contributed by atoms with van der Waals surface area (Å²) >= 11 is 0. The van der Waals surface area contributed by atoms with Gasteiger partial charge in [-0.3, -0.25) is 14.6 Å². The molecule has 0 saturated carbocycles. The first-order valence-electron chi connectivity index (χ1n) is 14.2. The molecule has 1 saturated heterocycles. The van der Waals surface area contributed by atoms with Gasteiger partial charge in [-0.1, -0.05) is 66.2 Å². The third-order valence-corrected chi connectivity index (χ3v) is 9.58. The van der Waals surface area contributed by atoms with Gasteiger partial charge < -0.3 is 5.11 Å². The van der Waals surface area contributed by atoms with Crippen LogP contribution in [0.25, 0.3) is 21.7 Å². The molecule has 1 aliphatic heterocycles. The predicted molar refractivity (Wildman–Crippen MR) is 169 cm³/mol. The van der Waals surface area contributed by atoms with Gasteiger partial charge in [0.25, 0.3) is 15.9 Å². The first-order valence-corrected chi connectivity index (χ1v) is 15.6. The fourth-order valence-electron chi connectivity index (χ4n) is 5.54. The van der Waals surface area contributed by atoms with Crippen LogP contribution in [-0.4, -0.2) is 72.1 Å². The monoisotopic (exact) mass is 595 g/mol. The maximum atomic E-state index is 13.5. The molecular weight excluding hydrogens is 562 g/mol. The van der Waals surface area contributed by atoms with Crippen molar-refractivity contribution in [1.82, 2.24) is 19.2 Å². The fourth-order valence-corrected chi connectivity index (χ4v) is 6.93. The van der Waals surface area contributed by atoms with Crippen molar-refractivity contribution in [3.63, 3.8) is 0 Å². The van der Waals surface area contributed by atoms with Crippen molar-refractivity contribution >= 4 is 43.8 Å². The Morgan fingerprint density at radius 3 is 2.33 bits per heavy atom. The number of carbonyl (C=O) groups is 1. The molecule has 1 aromatic heterocycles. The zero-order chi connectivity index (χ0) is 30.0. The Kier molecular flexibility index (Phi) is 7.98. The van der Waals surface area contributed by atoms with Crippen molar-refractivity contribution in [2.24, 2.45) is 5.10 Å². The number of hydrogen-bond acceptors (Lipinski definition) is 7. The third kappa shape index (κ3) is 6.03. The summed E-state index contributed by atoms with van der Waals surface area (Å²) in [5.74, 6) is -0.127. The molecule has 6 rings (SSSR count). The largest absolute Gasteiger partial charge is 0.507 e. The molecular formula is C33H33N5O4S. The van der Waals surface area contributed by atoms with Crippen molar-refractivity contribution in [3.05, 3.63) is 108 Å². The number of nitrogens with one attached hydrogen (secondary N) is 1. The lowest BCUT2D eigenvalue weighted by Crippen LogP contribution is -2.48. The highest BCUT2D eigenvalue weighted by molar-refractivity contribution is 7.90. The van der Waals surface area contributed by atoms with Crippen molar-refractivity contribution in [3.8, 4) is 5.75 Å². The number of hydrazone groups is 1. The molecule has 43 heavy (non-hydrogen) atoms. The number of hydrogen-bond donors (Lipinski definition) is 2. The summed E-state index contributed by atoms with van der Waals surface area (Å²) in [5, 5.41) is 17.1. The van der Waals surface area contributed by atoms with Gasteiger partial charge in [-0.05, 0) is 47.5 Å². The summed E-state index contributed by atoms with van der Waals surface area (Å²) in [7, 11) is -3.74. The number of para-hydroxylation sites is 1. The summed E-state index contributed by atoms with van der Waals surface area (Å²) in [4.78, 5) is 17.2. The van der Waals surface area contributed by atoms with E-state index in [1.807, 2.05) is 73.7 Å². The molecule has 1 amide bonds. The van der Waals surface area contributed by atoms with Crippen LogP contribution in [0.3, 0.4) is 0 Å². The summed E-state index contributed by atoms with van der Waals surface area (Å²) in [6.45, 7) is 5.62. The average molecular weight is 596 g/mol. The normalized spacial score (nSPS) is 15.0. The van der Waals surface area contributed by atoms with Gasteiger partial charge >= 0.3 is 0 Å². The molecule has 0 aliphatic carbocycles. The molecule has 5 aromatic rings. The number of phenolic OH excluding ortho intramolecular Hbond substituents is 1. The minimum absolute atomic E-state index is 0.101. The Bertz CT molecular complexity index is 1920. The molecule has 1 fully saturated rings. The van der Waals surface area contributed by atoms with E-state index in [1.54, 1.807) is 24.4 Å². The van der Waals surface area contributed by atoms with Gasteiger partial charge in [0.15, 0.2) is 0 Å². The van der Waals surface area contributed by atoms with Crippen LogP contribution in [0.4, 0.5) is 0 Å². The van der Waals surface area contributed by atoms with Crippen molar-refractivity contribution in [1.29, 1.82) is 0 Å².